The normalized spacial score (nSPS) is 19.4. The monoisotopic (exact) mass is 582 g/mol. The molecule has 9 nitrogen and oxygen atoms in total. The number of rotatable bonds is 12. The highest BCUT2D eigenvalue weighted by Crippen LogP contribution is 2.31. The highest BCUT2D eigenvalue weighted by Gasteiger charge is 2.49. The Bertz CT molecular complexity index is 1510. The lowest BCUT2D eigenvalue weighted by Crippen LogP contribution is -2.41. The molecular formula is C34H30O9. The summed E-state index contributed by atoms with van der Waals surface area (Å²) in [5.74, 6) is -2.28. The molecule has 0 bridgehead atoms. The van der Waals surface area contributed by atoms with Crippen LogP contribution in [0.25, 0.3) is 0 Å². The van der Waals surface area contributed by atoms with E-state index in [9.17, 15) is 19.5 Å². The summed E-state index contributed by atoms with van der Waals surface area (Å²) in [7, 11) is 0. The number of hydrogen-bond donors (Lipinski definition) is 1. The Labute approximate surface area is 248 Å². The van der Waals surface area contributed by atoms with Crippen LogP contribution in [0.1, 0.15) is 42.2 Å². The molecule has 1 aliphatic heterocycles. The second kappa shape index (κ2) is 14.4. The van der Waals surface area contributed by atoms with Gasteiger partial charge in [-0.3, -0.25) is 0 Å². The van der Waals surface area contributed by atoms with Crippen molar-refractivity contribution in [1.29, 1.82) is 0 Å². The Morgan fingerprint density at radius 2 is 1.23 bits per heavy atom. The van der Waals surface area contributed by atoms with E-state index in [0.29, 0.717) is 16.7 Å². The third-order valence-electron chi connectivity index (χ3n) is 6.84. The number of aromatic carboxylic acids is 1. The number of ether oxygens (including phenoxy) is 5. The molecule has 4 atom stereocenters. The van der Waals surface area contributed by atoms with Crippen LogP contribution in [0.5, 0.6) is 0 Å². The molecule has 1 aliphatic rings. The van der Waals surface area contributed by atoms with E-state index < -0.39 is 42.5 Å². The summed E-state index contributed by atoms with van der Waals surface area (Å²) in [4.78, 5) is 37.7. The van der Waals surface area contributed by atoms with Crippen molar-refractivity contribution in [2.24, 2.45) is 0 Å². The zero-order valence-corrected chi connectivity index (χ0v) is 23.1. The maximum absolute atomic E-state index is 13.2. The van der Waals surface area contributed by atoms with E-state index in [4.69, 9.17) is 23.7 Å². The minimum absolute atomic E-state index is 0.0858. The fraction of sp³-hybridized carbons (Fsp3) is 0.206. The number of hydrogen-bond acceptors (Lipinski definition) is 8. The van der Waals surface area contributed by atoms with E-state index in [1.54, 1.807) is 78.9 Å². The first kappa shape index (κ1) is 29.7. The van der Waals surface area contributed by atoms with Gasteiger partial charge in [-0.25, -0.2) is 14.4 Å². The molecular weight excluding hydrogens is 552 g/mol. The topological polar surface area (TPSA) is 118 Å². The van der Waals surface area contributed by atoms with Gasteiger partial charge in [0, 0.05) is 0 Å². The van der Waals surface area contributed by atoms with Gasteiger partial charge in [0.05, 0.1) is 29.9 Å². The Balaban J connectivity index is 1.40. The molecule has 1 heterocycles. The lowest BCUT2D eigenvalue weighted by Gasteiger charge is -2.25. The lowest BCUT2D eigenvalue weighted by atomic mass is 10.1. The van der Waals surface area contributed by atoms with Gasteiger partial charge >= 0.3 is 17.9 Å². The number of carboxylic acids is 1. The first-order valence-corrected chi connectivity index (χ1v) is 13.7. The van der Waals surface area contributed by atoms with Crippen molar-refractivity contribution < 1.29 is 43.2 Å². The first-order chi connectivity index (χ1) is 21.0. The van der Waals surface area contributed by atoms with Gasteiger partial charge in [0.1, 0.15) is 18.8 Å². The summed E-state index contributed by atoms with van der Waals surface area (Å²) in [6, 6.07) is 32.8. The van der Waals surface area contributed by atoms with Gasteiger partial charge in [-0.1, -0.05) is 84.9 Å². The number of esters is 2. The largest absolute Gasteiger partial charge is 0.478 e. The van der Waals surface area contributed by atoms with Gasteiger partial charge in [0.25, 0.3) is 0 Å². The summed E-state index contributed by atoms with van der Waals surface area (Å²) in [6.07, 6.45) is -4.00. The fourth-order valence-electron chi connectivity index (χ4n) is 4.65. The molecule has 4 aromatic carbocycles. The van der Waals surface area contributed by atoms with Crippen LogP contribution in [0.2, 0.25) is 0 Å². The summed E-state index contributed by atoms with van der Waals surface area (Å²) in [5, 5.41) is 9.61. The Morgan fingerprint density at radius 3 is 1.88 bits per heavy atom. The first-order valence-electron chi connectivity index (χ1n) is 13.7. The average molecular weight is 583 g/mol. The molecule has 1 N–H and O–H groups in total. The van der Waals surface area contributed by atoms with Crippen LogP contribution in [0.15, 0.2) is 115 Å². The van der Waals surface area contributed by atoms with Crippen LogP contribution in [0.3, 0.4) is 0 Å². The van der Waals surface area contributed by atoms with Gasteiger partial charge < -0.3 is 28.8 Å². The van der Waals surface area contributed by atoms with Crippen molar-refractivity contribution in [2.45, 2.75) is 37.8 Å². The maximum atomic E-state index is 13.2. The zero-order chi connectivity index (χ0) is 30.0. The molecule has 0 amide bonds. The molecule has 1 unspecified atom stereocenters. The van der Waals surface area contributed by atoms with Crippen molar-refractivity contribution in [3.8, 4) is 0 Å². The van der Waals surface area contributed by atoms with Gasteiger partial charge in [0.15, 0.2) is 12.4 Å². The maximum Gasteiger partial charge on any atom is 0.338 e. The van der Waals surface area contributed by atoms with Crippen LogP contribution in [-0.4, -0.2) is 54.2 Å². The number of carbonyl (C=O) groups is 3. The molecule has 0 saturated carbocycles. The average Bonchev–Trinajstić information content (AvgIpc) is 3.38. The highest BCUT2D eigenvalue weighted by molar-refractivity contribution is 5.90. The molecule has 220 valence electrons. The molecule has 4 aromatic rings. The van der Waals surface area contributed by atoms with Crippen molar-refractivity contribution in [3.63, 3.8) is 0 Å². The molecule has 5 rings (SSSR count). The van der Waals surface area contributed by atoms with E-state index in [1.807, 2.05) is 30.3 Å². The Kier molecular flexibility index (Phi) is 9.91. The molecule has 0 aromatic heterocycles. The van der Waals surface area contributed by atoms with Crippen LogP contribution >= 0.6 is 0 Å². The summed E-state index contributed by atoms with van der Waals surface area (Å²) in [6.45, 7) is -0.220. The second-order valence-electron chi connectivity index (χ2n) is 9.78. The van der Waals surface area contributed by atoms with Crippen LogP contribution in [0.4, 0.5) is 0 Å². The number of benzene rings is 4. The highest BCUT2D eigenvalue weighted by atomic mass is 16.7. The third-order valence-corrected chi connectivity index (χ3v) is 6.84. The van der Waals surface area contributed by atoms with E-state index in [1.165, 1.54) is 6.07 Å². The van der Waals surface area contributed by atoms with Crippen LogP contribution in [-0.2, 0) is 36.9 Å². The fourth-order valence-corrected chi connectivity index (χ4v) is 4.65. The predicted octanol–water partition coefficient (Wildman–Crippen LogP) is 5.29. The summed E-state index contributed by atoms with van der Waals surface area (Å²) in [5.41, 5.74) is 2.06. The zero-order valence-electron chi connectivity index (χ0n) is 23.1. The van der Waals surface area contributed by atoms with Gasteiger partial charge in [-0.05, 0) is 41.5 Å². The Hall–Kier alpha value is -4.83. The van der Waals surface area contributed by atoms with Crippen LogP contribution in [0, 0.1) is 0 Å². The molecule has 9 heteroatoms. The minimum atomic E-state index is -1.09. The summed E-state index contributed by atoms with van der Waals surface area (Å²) < 4.78 is 30.0. The predicted molar refractivity (Wildman–Crippen MR) is 154 cm³/mol. The standard InChI is InChI=1S/C34H30O9/c35-31(36)27-19-11-10-18-26(27)21-41-34-30(39-20-23-12-4-1-5-13-23)29(43-33(38)25-16-8-3-9-17-25)28(42-34)22-40-32(37)24-14-6-2-7-15-24/h1-19,28-30,34H,20-22H2,(H,35,36)/t28-,29-,30+,34?/m1/s1. The van der Waals surface area contributed by atoms with Gasteiger partial charge in [-0.15, -0.1) is 0 Å². The smallest absolute Gasteiger partial charge is 0.338 e. The number of carbonyl (C=O) groups excluding carboxylic acids is 2. The van der Waals surface area contributed by atoms with Crippen molar-refractivity contribution in [1.82, 2.24) is 0 Å². The SMILES string of the molecule is O=C(OC[C@H]1OC(OCc2ccccc2C(=O)O)[C@@H](OCc2ccccc2)[C@@H]1OC(=O)c1ccccc1)c1ccccc1. The molecule has 43 heavy (non-hydrogen) atoms. The molecule has 0 spiro atoms. The second-order valence-corrected chi connectivity index (χ2v) is 9.78. The van der Waals surface area contributed by atoms with Gasteiger partial charge in [-0.2, -0.15) is 0 Å². The number of carboxylic acid groups (broad SMARTS) is 1. The third kappa shape index (κ3) is 7.72. The van der Waals surface area contributed by atoms with E-state index >= 15 is 0 Å². The molecule has 1 saturated heterocycles. The minimum Gasteiger partial charge on any atom is -0.478 e. The molecule has 0 aliphatic carbocycles. The van der Waals surface area contributed by atoms with Gasteiger partial charge in [0.2, 0.25) is 0 Å². The van der Waals surface area contributed by atoms with Crippen LogP contribution < -0.4 is 0 Å². The molecule has 0 radical (unpaired) electrons. The van der Waals surface area contributed by atoms with E-state index in [-0.39, 0.29) is 25.4 Å². The molecule has 1 fully saturated rings. The lowest BCUT2D eigenvalue weighted by molar-refractivity contribution is -0.188. The van der Waals surface area contributed by atoms with E-state index in [0.717, 1.165) is 5.56 Å². The van der Waals surface area contributed by atoms with Crippen molar-refractivity contribution in [3.05, 3.63) is 143 Å². The quantitative estimate of drug-likeness (QED) is 0.222. The summed E-state index contributed by atoms with van der Waals surface area (Å²) >= 11 is 0. The van der Waals surface area contributed by atoms with Crippen molar-refractivity contribution >= 4 is 17.9 Å². The van der Waals surface area contributed by atoms with Crippen molar-refractivity contribution in [2.75, 3.05) is 6.61 Å². The van der Waals surface area contributed by atoms with E-state index in [2.05, 4.69) is 0 Å². The Morgan fingerprint density at radius 1 is 0.651 bits per heavy atom.